The number of ether oxygens (including phenoxy) is 2. The molecule has 1 saturated carbocycles. The average Bonchev–Trinajstić information content (AvgIpc) is 3.42. The molecule has 1 unspecified atom stereocenters. The van der Waals surface area contributed by atoms with Crippen LogP contribution in [-0.4, -0.2) is 42.9 Å². The summed E-state index contributed by atoms with van der Waals surface area (Å²) in [5.74, 6) is -0.842. The Labute approximate surface area is 192 Å². The number of thiol groups is 1. The van der Waals surface area contributed by atoms with Crippen LogP contribution < -0.4 is 20.8 Å². The third kappa shape index (κ3) is 3.75. The fourth-order valence-electron chi connectivity index (χ4n) is 4.62. The van der Waals surface area contributed by atoms with Gasteiger partial charge in [0.05, 0.1) is 29.6 Å². The summed E-state index contributed by atoms with van der Waals surface area (Å²) in [7, 11) is 1.47. The van der Waals surface area contributed by atoms with Crippen LogP contribution in [0.2, 0.25) is 0 Å². The molecule has 0 bridgehead atoms. The number of anilines is 1. The van der Waals surface area contributed by atoms with E-state index in [4.69, 9.17) is 15.2 Å². The number of methoxy groups -OCH3 is 1. The van der Waals surface area contributed by atoms with Crippen molar-refractivity contribution in [2.75, 3.05) is 31.7 Å². The van der Waals surface area contributed by atoms with Gasteiger partial charge in [-0.3, -0.25) is 4.79 Å². The van der Waals surface area contributed by atoms with Crippen molar-refractivity contribution in [3.63, 3.8) is 0 Å². The van der Waals surface area contributed by atoms with Crippen LogP contribution in [0.15, 0.2) is 15.9 Å². The van der Waals surface area contributed by atoms with E-state index in [9.17, 15) is 9.59 Å². The minimum atomic E-state index is -0.755. The zero-order valence-electron chi connectivity index (χ0n) is 18.9. The molecule has 7 nitrogen and oxygen atoms in total. The predicted molar refractivity (Wildman–Crippen MR) is 125 cm³/mol. The van der Waals surface area contributed by atoms with E-state index in [2.05, 4.69) is 12.6 Å². The smallest absolute Gasteiger partial charge is 0.344 e. The molecule has 9 heteroatoms. The van der Waals surface area contributed by atoms with Gasteiger partial charge in [-0.1, -0.05) is 0 Å². The molecule has 2 aromatic rings. The quantitative estimate of drug-likeness (QED) is 0.504. The number of carbonyl (C=O) groups excluding carboxylic acids is 1. The van der Waals surface area contributed by atoms with Crippen molar-refractivity contribution in [3.05, 3.63) is 27.7 Å². The van der Waals surface area contributed by atoms with Crippen LogP contribution in [0, 0.1) is 11.7 Å². The maximum absolute atomic E-state index is 15.5. The maximum atomic E-state index is 15.5. The highest BCUT2D eigenvalue weighted by atomic mass is 32.1. The first-order valence-electron chi connectivity index (χ1n) is 11.0. The molecule has 1 aromatic heterocycles. The molecule has 0 amide bonds. The average molecular weight is 464 g/mol. The Kier molecular flexibility index (Phi) is 5.92. The number of hydrogen-bond donors (Lipinski definition) is 2. The fraction of sp³-hybridized carbons (Fsp3) is 0.565. The first-order valence-corrected chi connectivity index (χ1v) is 11.4. The molecule has 0 spiro atoms. The Balaban J connectivity index is 1.98. The Morgan fingerprint density at radius 3 is 2.56 bits per heavy atom. The first kappa shape index (κ1) is 22.9. The van der Waals surface area contributed by atoms with E-state index < -0.39 is 22.8 Å². The molecule has 174 valence electrons. The van der Waals surface area contributed by atoms with Crippen molar-refractivity contribution in [1.82, 2.24) is 4.57 Å². The van der Waals surface area contributed by atoms with Crippen molar-refractivity contribution in [3.8, 4) is 5.75 Å². The van der Waals surface area contributed by atoms with Gasteiger partial charge in [0.25, 0.3) is 0 Å². The summed E-state index contributed by atoms with van der Waals surface area (Å²) < 4.78 is 28.2. The molecule has 2 N–H and O–H groups in total. The van der Waals surface area contributed by atoms with Gasteiger partial charge in [0, 0.05) is 24.7 Å². The van der Waals surface area contributed by atoms with E-state index in [1.54, 1.807) is 6.92 Å². The number of esters is 1. The Morgan fingerprint density at radius 1 is 1.34 bits per heavy atom. The second-order valence-corrected chi connectivity index (χ2v) is 9.66. The molecule has 1 saturated heterocycles. The second-order valence-electron chi connectivity index (χ2n) is 9.24. The first-order chi connectivity index (χ1) is 15.1. The van der Waals surface area contributed by atoms with Crippen LogP contribution >= 0.6 is 12.6 Å². The van der Waals surface area contributed by atoms with Gasteiger partial charge in [0.1, 0.15) is 11.3 Å². The summed E-state index contributed by atoms with van der Waals surface area (Å²) in [6, 6.07) is 1.27. The molecule has 0 radical (unpaired) electrons. The van der Waals surface area contributed by atoms with Crippen LogP contribution in [0.25, 0.3) is 10.9 Å². The molecule has 4 rings (SSSR count). The van der Waals surface area contributed by atoms with Crippen LogP contribution in [0.3, 0.4) is 0 Å². The molecule has 2 aliphatic rings. The standard InChI is InChI=1S/C23H30FN3O4S/c1-5-31-22(29)16-19(28)14-10-15(24)18(26-9-8-12(11-26)23(2,3)25)20(30-4)17(14)27(21(16)32)13-6-7-13/h10,12-13,32H,5-9,11,25H2,1-4H3. The molecule has 1 aliphatic carbocycles. The van der Waals surface area contributed by atoms with Crippen molar-refractivity contribution in [2.45, 2.75) is 56.6 Å². The van der Waals surface area contributed by atoms with Crippen molar-refractivity contribution < 1.29 is 18.7 Å². The monoisotopic (exact) mass is 463 g/mol. The van der Waals surface area contributed by atoms with E-state index in [1.807, 2.05) is 23.3 Å². The van der Waals surface area contributed by atoms with Gasteiger partial charge >= 0.3 is 5.97 Å². The third-order valence-electron chi connectivity index (χ3n) is 6.50. The highest BCUT2D eigenvalue weighted by Crippen LogP contribution is 2.46. The van der Waals surface area contributed by atoms with E-state index in [-0.39, 0.29) is 40.3 Å². The van der Waals surface area contributed by atoms with Gasteiger partial charge in [0.15, 0.2) is 11.6 Å². The molecule has 1 atom stereocenters. The van der Waals surface area contributed by atoms with E-state index >= 15 is 4.39 Å². The van der Waals surface area contributed by atoms with Crippen LogP contribution in [0.5, 0.6) is 5.75 Å². The maximum Gasteiger partial charge on any atom is 0.344 e. The second kappa shape index (κ2) is 8.26. The lowest BCUT2D eigenvalue weighted by atomic mass is 9.88. The summed E-state index contributed by atoms with van der Waals surface area (Å²) in [5, 5.41) is 0.312. The normalized spacial score (nSPS) is 19.0. The minimum Gasteiger partial charge on any atom is -0.492 e. The van der Waals surface area contributed by atoms with Crippen LogP contribution in [0.4, 0.5) is 10.1 Å². The lowest BCUT2D eigenvalue weighted by molar-refractivity contribution is 0.0519. The number of aromatic nitrogens is 1. The molecule has 2 fully saturated rings. The number of hydrogen-bond acceptors (Lipinski definition) is 7. The number of nitrogens with zero attached hydrogens (tertiary/aromatic N) is 2. The molecule has 1 aliphatic heterocycles. The predicted octanol–water partition coefficient (Wildman–Crippen LogP) is 3.51. The Morgan fingerprint density at radius 2 is 2.03 bits per heavy atom. The topological polar surface area (TPSA) is 86.8 Å². The lowest BCUT2D eigenvalue weighted by Gasteiger charge is -2.29. The number of fused-ring (bicyclic) bond motifs is 1. The zero-order valence-corrected chi connectivity index (χ0v) is 19.8. The summed E-state index contributed by atoms with van der Waals surface area (Å²) in [6.45, 7) is 6.96. The van der Waals surface area contributed by atoms with Crippen molar-refractivity contribution in [2.24, 2.45) is 11.7 Å². The van der Waals surface area contributed by atoms with Gasteiger partial charge in [0.2, 0.25) is 5.43 Å². The SMILES string of the molecule is CCOC(=O)c1c(S)n(C2CC2)c2c(OC)c(N3CCC(C(C)(C)N)C3)c(F)cc2c1=O. The number of rotatable bonds is 6. The number of nitrogens with two attached hydrogens (primary N) is 1. The minimum absolute atomic E-state index is 0.0558. The molecule has 1 aromatic carbocycles. The molecule has 32 heavy (non-hydrogen) atoms. The van der Waals surface area contributed by atoms with E-state index in [0.29, 0.717) is 24.3 Å². The fourth-order valence-corrected chi connectivity index (χ4v) is 5.07. The van der Waals surface area contributed by atoms with Gasteiger partial charge < -0.3 is 24.7 Å². The summed E-state index contributed by atoms with van der Waals surface area (Å²) in [5.41, 5.74) is 5.92. The third-order valence-corrected chi connectivity index (χ3v) is 6.94. The molecule has 2 heterocycles. The van der Waals surface area contributed by atoms with E-state index in [1.165, 1.54) is 13.2 Å². The number of halogens is 1. The van der Waals surface area contributed by atoms with Gasteiger partial charge in [-0.15, -0.1) is 12.6 Å². The van der Waals surface area contributed by atoms with Gasteiger partial charge in [-0.2, -0.15) is 0 Å². The lowest BCUT2D eigenvalue weighted by Crippen LogP contribution is -2.42. The van der Waals surface area contributed by atoms with Crippen LogP contribution in [0.1, 0.15) is 56.4 Å². The highest BCUT2D eigenvalue weighted by molar-refractivity contribution is 7.80. The summed E-state index contributed by atoms with van der Waals surface area (Å²) >= 11 is 4.56. The van der Waals surface area contributed by atoms with E-state index in [0.717, 1.165) is 19.3 Å². The highest BCUT2D eigenvalue weighted by Gasteiger charge is 2.37. The van der Waals surface area contributed by atoms with Gasteiger partial charge in [-0.05, 0) is 52.0 Å². The number of carbonyl (C=O) groups is 1. The summed E-state index contributed by atoms with van der Waals surface area (Å²) in [4.78, 5) is 27.8. The Bertz CT molecular complexity index is 1140. The van der Waals surface area contributed by atoms with Crippen molar-refractivity contribution in [1.29, 1.82) is 0 Å². The largest absolute Gasteiger partial charge is 0.492 e. The molecular formula is C23H30FN3O4S. The number of benzene rings is 1. The zero-order chi connectivity index (χ0) is 23.4. The number of pyridine rings is 1. The van der Waals surface area contributed by atoms with Gasteiger partial charge in [-0.25, -0.2) is 9.18 Å². The Hall–Kier alpha value is -2.26. The summed E-state index contributed by atoms with van der Waals surface area (Å²) in [6.07, 6.45) is 2.58. The molecular weight excluding hydrogens is 433 g/mol. The van der Waals surface area contributed by atoms with Crippen molar-refractivity contribution >= 4 is 35.2 Å². The van der Waals surface area contributed by atoms with Crippen LogP contribution in [-0.2, 0) is 4.74 Å².